The number of hydrogen-bond acceptors (Lipinski definition) is 5. The molecule has 0 unspecified atom stereocenters. The molecule has 2 aromatic carbocycles. The Morgan fingerprint density at radius 3 is 2.24 bits per heavy atom. The van der Waals surface area contributed by atoms with Crippen molar-refractivity contribution in [1.29, 1.82) is 0 Å². The van der Waals surface area contributed by atoms with E-state index in [1.54, 1.807) is 28.0 Å². The first-order chi connectivity index (χ1) is 16.1. The molecule has 1 saturated heterocycles. The molecule has 0 aliphatic carbocycles. The van der Waals surface area contributed by atoms with Crippen molar-refractivity contribution in [1.82, 2.24) is 15.1 Å². The maximum Gasteiger partial charge on any atom is 0.264 e. The number of hydrogen-bond donors (Lipinski definition) is 2. The number of rotatable bonds is 7. The number of nitrogens with one attached hydrogen (secondary N) is 2. The van der Waals surface area contributed by atoms with Crippen LogP contribution in [0.25, 0.3) is 0 Å². The number of carbonyl (C=O) groups excluding carboxylic acids is 3. The number of benzene rings is 2. The zero-order chi connectivity index (χ0) is 23.0. The molecule has 1 aliphatic heterocycles. The molecule has 170 valence electrons. The van der Waals surface area contributed by atoms with E-state index in [2.05, 4.69) is 10.6 Å². The van der Waals surface area contributed by atoms with Gasteiger partial charge in [0.25, 0.3) is 11.8 Å². The van der Waals surface area contributed by atoms with Crippen molar-refractivity contribution in [2.24, 2.45) is 0 Å². The smallest absolute Gasteiger partial charge is 0.264 e. The predicted molar refractivity (Wildman–Crippen MR) is 129 cm³/mol. The van der Waals surface area contributed by atoms with Crippen LogP contribution in [0.2, 0.25) is 0 Å². The summed E-state index contributed by atoms with van der Waals surface area (Å²) in [5.74, 6) is -0.238. The van der Waals surface area contributed by atoms with Crippen LogP contribution >= 0.6 is 11.3 Å². The van der Waals surface area contributed by atoms with Crippen LogP contribution in [0.1, 0.15) is 25.6 Å². The van der Waals surface area contributed by atoms with Gasteiger partial charge in [-0.1, -0.05) is 48.5 Å². The summed E-state index contributed by atoms with van der Waals surface area (Å²) in [6, 6.07) is 20.6. The zero-order valence-electron chi connectivity index (χ0n) is 18.2. The van der Waals surface area contributed by atoms with Crippen molar-refractivity contribution in [2.75, 3.05) is 38.0 Å². The largest absolute Gasteiger partial charge is 0.376 e. The third kappa shape index (κ3) is 5.78. The second-order valence-corrected chi connectivity index (χ2v) is 8.67. The van der Waals surface area contributed by atoms with Gasteiger partial charge in [-0.2, -0.15) is 0 Å². The van der Waals surface area contributed by atoms with Crippen molar-refractivity contribution in [3.8, 4) is 0 Å². The van der Waals surface area contributed by atoms with Crippen molar-refractivity contribution in [2.45, 2.75) is 6.54 Å². The molecule has 7 nitrogen and oxygen atoms in total. The third-order valence-electron chi connectivity index (χ3n) is 5.55. The second kappa shape index (κ2) is 10.8. The molecule has 0 atom stereocenters. The molecule has 1 fully saturated rings. The Morgan fingerprint density at radius 1 is 0.818 bits per heavy atom. The van der Waals surface area contributed by atoms with Gasteiger partial charge in [-0.15, -0.1) is 11.3 Å². The van der Waals surface area contributed by atoms with Gasteiger partial charge in [-0.3, -0.25) is 14.4 Å². The van der Waals surface area contributed by atoms with Crippen LogP contribution in [0.4, 0.5) is 5.69 Å². The standard InChI is InChI=1S/C25H26N4O3S/c30-23(28-12-14-29(15-13-28)25(32)22-11-6-16-33-22)18-26-21-10-5-4-9-20(21)24(31)27-17-19-7-2-1-3-8-19/h1-11,16,26H,12-15,17-18H2,(H,27,31). The third-order valence-corrected chi connectivity index (χ3v) is 6.41. The van der Waals surface area contributed by atoms with Crippen LogP contribution in [-0.2, 0) is 11.3 Å². The van der Waals surface area contributed by atoms with E-state index < -0.39 is 0 Å². The van der Waals surface area contributed by atoms with Gasteiger partial charge >= 0.3 is 0 Å². The highest BCUT2D eigenvalue weighted by molar-refractivity contribution is 7.12. The minimum atomic E-state index is -0.199. The molecule has 2 heterocycles. The molecule has 0 bridgehead atoms. The van der Waals surface area contributed by atoms with E-state index in [1.165, 1.54) is 11.3 Å². The van der Waals surface area contributed by atoms with Gasteiger partial charge in [0, 0.05) is 38.4 Å². The lowest BCUT2D eigenvalue weighted by atomic mass is 10.1. The van der Waals surface area contributed by atoms with Crippen molar-refractivity contribution in [3.63, 3.8) is 0 Å². The molecule has 33 heavy (non-hydrogen) atoms. The Labute approximate surface area is 197 Å². The van der Waals surface area contributed by atoms with Crippen LogP contribution in [0.15, 0.2) is 72.1 Å². The number of para-hydroxylation sites is 1. The fraction of sp³-hybridized carbons (Fsp3) is 0.240. The fourth-order valence-corrected chi connectivity index (χ4v) is 4.40. The molecule has 0 radical (unpaired) electrons. The number of nitrogens with zero attached hydrogens (tertiary/aromatic N) is 2. The summed E-state index contributed by atoms with van der Waals surface area (Å²) in [5.41, 5.74) is 2.12. The maximum atomic E-state index is 12.7. The molecule has 0 saturated carbocycles. The predicted octanol–water partition coefficient (Wildman–Crippen LogP) is 3.07. The Hall–Kier alpha value is -3.65. The van der Waals surface area contributed by atoms with Crippen LogP contribution in [0, 0.1) is 0 Å². The number of anilines is 1. The molecular weight excluding hydrogens is 436 g/mol. The Bertz CT molecular complexity index is 1090. The first-order valence-corrected chi connectivity index (χ1v) is 11.8. The van der Waals surface area contributed by atoms with E-state index in [1.807, 2.05) is 53.9 Å². The fourth-order valence-electron chi connectivity index (χ4n) is 3.71. The Morgan fingerprint density at radius 2 is 1.52 bits per heavy atom. The lowest BCUT2D eigenvalue weighted by molar-refractivity contribution is -0.130. The van der Waals surface area contributed by atoms with Gasteiger partial charge in [-0.05, 0) is 29.1 Å². The topological polar surface area (TPSA) is 81.8 Å². The Kier molecular flexibility index (Phi) is 7.36. The highest BCUT2D eigenvalue weighted by Crippen LogP contribution is 2.16. The quantitative estimate of drug-likeness (QED) is 0.566. The monoisotopic (exact) mass is 462 g/mol. The number of piperazine rings is 1. The van der Waals surface area contributed by atoms with Crippen LogP contribution in [0.3, 0.4) is 0 Å². The summed E-state index contributed by atoms with van der Waals surface area (Å²) in [6.45, 7) is 2.54. The molecule has 3 aromatic rings. The molecule has 0 spiro atoms. The summed E-state index contributed by atoms with van der Waals surface area (Å²) >= 11 is 1.43. The van der Waals surface area contributed by atoms with E-state index >= 15 is 0 Å². The van der Waals surface area contributed by atoms with Gasteiger partial charge in [0.1, 0.15) is 0 Å². The molecule has 3 amide bonds. The average molecular weight is 463 g/mol. The van der Waals surface area contributed by atoms with Gasteiger partial charge in [0.2, 0.25) is 5.91 Å². The lowest BCUT2D eigenvalue weighted by Crippen LogP contribution is -2.51. The first kappa shape index (κ1) is 22.5. The minimum Gasteiger partial charge on any atom is -0.376 e. The average Bonchev–Trinajstić information content (AvgIpc) is 3.41. The highest BCUT2D eigenvalue weighted by atomic mass is 32.1. The minimum absolute atomic E-state index is 0.0191. The maximum absolute atomic E-state index is 12.7. The molecule has 4 rings (SSSR count). The number of thiophene rings is 1. The van der Waals surface area contributed by atoms with Crippen LogP contribution in [0.5, 0.6) is 0 Å². The lowest BCUT2D eigenvalue weighted by Gasteiger charge is -2.34. The number of amides is 3. The summed E-state index contributed by atoms with van der Waals surface area (Å²) < 4.78 is 0. The van der Waals surface area contributed by atoms with Crippen molar-refractivity contribution in [3.05, 3.63) is 88.1 Å². The van der Waals surface area contributed by atoms with E-state index in [4.69, 9.17) is 0 Å². The second-order valence-electron chi connectivity index (χ2n) is 7.72. The van der Waals surface area contributed by atoms with Crippen molar-refractivity contribution < 1.29 is 14.4 Å². The molecule has 8 heteroatoms. The van der Waals surface area contributed by atoms with Gasteiger partial charge in [0.15, 0.2) is 0 Å². The SMILES string of the molecule is O=C(NCc1ccccc1)c1ccccc1NCC(=O)N1CCN(C(=O)c2cccs2)CC1. The summed E-state index contributed by atoms with van der Waals surface area (Å²) in [4.78, 5) is 42.2. The van der Waals surface area contributed by atoms with Crippen LogP contribution < -0.4 is 10.6 Å². The molecule has 2 N–H and O–H groups in total. The summed E-state index contributed by atoms with van der Waals surface area (Å²) in [6.07, 6.45) is 0. The number of carbonyl (C=O) groups is 3. The molecule has 1 aromatic heterocycles. The summed E-state index contributed by atoms with van der Waals surface area (Å²) in [5, 5.41) is 7.92. The van der Waals surface area contributed by atoms with E-state index in [9.17, 15) is 14.4 Å². The molecular formula is C25H26N4O3S. The van der Waals surface area contributed by atoms with Gasteiger partial charge < -0.3 is 20.4 Å². The zero-order valence-corrected chi connectivity index (χ0v) is 19.0. The van der Waals surface area contributed by atoms with E-state index in [0.717, 1.165) is 10.4 Å². The van der Waals surface area contributed by atoms with Gasteiger partial charge in [0.05, 0.1) is 17.0 Å². The van der Waals surface area contributed by atoms with Crippen LogP contribution in [-0.4, -0.2) is 60.2 Å². The van der Waals surface area contributed by atoms with E-state index in [0.29, 0.717) is 44.0 Å². The van der Waals surface area contributed by atoms with E-state index in [-0.39, 0.29) is 24.3 Å². The Balaban J connectivity index is 1.28. The summed E-state index contributed by atoms with van der Waals surface area (Å²) in [7, 11) is 0. The highest BCUT2D eigenvalue weighted by Gasteiger charge is 2.25. The molecule has 1 aliphatic rings. The first-order valence-electron chi connectivity index (χ1n) is 10.9. The van der Waals surface area contributed by atoms with Gasteiger partial charge in [-0.25, -0.2) is 0 Å². The van der Waals surface area contributed by atoms with Crippen molar-refractivity contribution >= 4 is 34.7 Å². The normalized spacial score (nSPS) is 13.5.